The number of hydrogen-bond donors (Lipinski definition) is 1. The van der Waals surface area contributed by atoms with Crippen molar-refractivity contribution in [3.05, 3.63) is 42.6 Å². The summed E-state index contributed by atoms with van der Waals surface area (Å²) in [5.41, 5.74) is 0.352. The van der Waals surface area contributed by atoms with E-state index in [9.17, 15) is 13.5 Å². The Morgan fingerprint density at radius 1 is 1.13 bits per heavy atom. The van der Waals surface area contributed by atoms with E-state index in [-0.39, 0.29) is 16.4 Å². The van der Waals surface area contributed by atoms with Gasteiger partial charge in [-0.3, -0.25) is 4.90 Å². The van der Waals surface area contributed by atoms with Crippen LogP contribution in [0.25, 0.3) is 5.65 Å². The summed E-state index contributed by atoms with van der Waals surface area (Å²) >= 11 is 1.58. The van der Waals surface area contributed by atoms with Crippen LogP contribution in [-0.4, -0.2) is 78.1 Å². The van der Waals surface area contributed by atoms with Crippen LogP contribution in [0, 0.1) is 0 Å². The van der Waals surface area contributed by atoms with E-state index in [2.05, 4.69) is 19.9 Å². The van der Waals surface area contributed by atoms with Crippen molar-refractivity contribution >= 4 is 33.1 Å². The average molecular weight is 448 g/mol. The van der Waals surface area contributed by atoms with Crippen molar-refractivity contribution < 1.29 is 13.5 Å². The van der Waals surface area contributed by atoms with Crippen molar-refractivity contribution in [2.45, 2.75) is 21.7 Å². The van der Waals surface area contributed by atoms with Gasteiger partial charge < -0.3 is 10.0 Å². The molecule has 160 valence electrons. The van der Waals surface area contributed by atoms with Gasteiger partial charge in [0.1, 0.15) is 15.7 Å². The van der Waals surface area contributed by atoms with Crippen molar-refractivity contribution in [2.75, 3.05) is 50.0 Å². The molecule has 0 radical (unpaired) electrons. The van der Waals surface area contributed by atoms with Crippen LogP contribution in [0.5, 0.6) is 0 Å². The molecular weight excluding hydrogens is 422 g/mol. The largest absolute Gasteiger partial charge is 0.395 e. The number of benzene rings is 1. The second kappa shape index (κ2) is 8.93. The highest BCUT2D eigenvalue weighted by Gasteiger charge is 2.27. The van der Waals surface area contributed by atoms with Gasteiger partial charge in [0, 0.05) is 38.8 Å². The van der Waals surface area contributed by atoms with Crippen LogP contribution in [0.2, 0.25) is 0 Å². The summed E-state index contributed by atoms with van der Waals surface area (Å²) in [6, 6.07) is 10.4. The number of aliphatic hydroxyl groups is 1. The van der Waals surface area contributed by atoms with Gasteiger partial charge in [-0.1, -0.05) is 25.1 Å². The number of nitrogens with zero attached hydrogens (tertiary/aromatic N) is 5. The van der Waals surface area contributed by atoms with Gasteiger partial charge in [-0.2, -0.15) is 9.61 Å². The second-order valence-corrected chi connectivity index (χ2v) is 10.2. The Labute approximate surface area is 180 Å². The summed E-state index contributed by atoms with van der Waals surface area (Å²) in [4.78, 5) is 9.40. The Morgan fingerprint density at radius 3 is 2.53 bits per heavy atom. The zero-order chi connectivity index (χ0) is 21.1. The monoisotopic (exact) mass is 447 g/mol. The summed E-state index contributed by atoms with van der Waals surface area (Å²) in [5, 5.41) is 14.4. The average Bonchev–Trinajstić information content (AvgIpc) is 3.20. The van der Waals surface area contributed by atoms with Gasteiger partial charge in [0.05, 0.1) is 17.7 Å². The third-order valence-electron chi connectivity index (χ3n) is 5.14. The Morgan fingerprint density at radius 2 is 1.87 bits per heavy atom. The lowest BCUT2D eigenvalue weighted by atomic mass is 10.3. The fourth-order valence-electron chi connectivity index (χ4n) is 3.61. The van der Waals surface area contributed by atoms with Crippen molar-refractivity contribution in [3.8, 4) is 0 Å². The standard InChI is InChI=1S/C20H25N5O3S2/c1-2-29-18-14-19(24-10-8-23(9-11-24)12-13-26)25-20(22-18)17(15-21-25)30(27,28)16-6-4-3-5-7-16/h3-7,14-15,26H,2,8-13H2,1H3. The molecule has 1 aliphatic rings. The molecule has 10 heteroatoms. The normalized spacial score (nSPS) is 15.7. The molecule has 4 rings (SSSR count). The van der Waals surface area contributed by atoms with Crippen LogP contribution in [0.4, 0.5) is 5.82 Å². The van der Waals surface area contributed by atoms with Gasteiger partial charge in [0.15, 0.2) is 5.65 Å². The molecule has 1 saturated heterocycles. The smallest absolute Gasteiger partial charge is 0.211 e. The van der Waals surface area contributed by atoms with E-state index in [1.165, 1.54) is 6.20 Å². The van der Waals surface area contributed by atoms with E-state index in [0.717, 1.165) is 42.8 Å². The van der Waals surface area contributed by atoms with Gasteiger partial charge in [-0.15, -0.1) is 11.8 Å². The van der Waals surface area contributed by atoms with E-state index in [0.29, 0.717) is 12.2 Å². The first kappa shape index (κ1) is 21.1. The molecule has 0 saturated carbocycles. The van der Waals surface area contributed by atoms with Crippen molar-refractivity contribution in [3.63, 3.8) is 0 Å². The maximum absolute atomic E-state index is 13.2. The molecule has 1 aromatic carbocycles. The van der Waals surface area contributed by atoms with Crippen LogP contribution in [-0.2, 0) is 9.84 Å². The molecule has 0 unspecified atom stereocenters. The number of fused-ring (bicyclic) bond motifs is 1. The number of aromatic nitrogens is 3. The van der Waals surface area contributed by atoms with E-state index < -0.39 is 9.84 Å². The van der Waals surface area contributed by atoms with Crippen LogP contribution in [0.1, 0.15) is 6.92 Å². The number of rotatable bonds is 7. The van der Waals surface area contributed by atoms with Crippen molar-refractivity contribution in [2.24, 2.45) is 0 Å². The van der Waals surface area contributed by atoms with Gasteiger partial charge >= 0.3 is 0 Å². The SMILES string of the molecule is CCSc1cc(N2CCN(CCO)CC2)n2ncc(S(=O)(=O)c3ccccc3)c2n1. The number of thioether (sulfide) groups is 1. The van der Waals surface area contributed by atoms with Crippen LogP contribution in [0.15, 0.2) is 57.4 Å². The Balaban J connectivity index is 1.77. The number of piperazine rings is 1. The molecule has 1 aliphatic heterocycles. The van der Waals surface area contributed by atoms with Gasteiger partial charge in [0.2, 0.25) is 9.84 Å². The van der Waals surface area contributed by atoms with Crippen LogP contribution in [0.3, 0.4) is 0 Å². The van der Waals surface area contributed by atoms with E-state index >= 15 is 0 Å². The molecule has 1 fully saturated rings. The quantitative estimate of drug-likeness (QED) is 0.433. The Kier molecular flexibility index (Phi) is 6.28. The molecule has 2 aromatic heterocycles. The maximum atomic E-state index is 13.2. The first-order chi connectivity index (χ1) is 14.5. The lowest BCUT2D eigenvalue weighted by molar-refractivity contribution is 0.188. The number of β-amino-alcohol motifs (C(OH)–C–C–N with tert-alkyl or cyclic N) is 1. The molecule has 0 bridgehead atoms. The van der Waals surface area contributed by atoms with Crippen LogP contribution >= 0.6 is 11.8 Å². The lowest BCUT2D eigenvalue weighted by Gasteiger charge is -2.35. The highest BCUT2D eigenvalue weighted by molar-refractivity contribution is 7.99. The molecule has 3 heterocycles. The molecule has 0 spiro atoms. The summed E-state index contributed by atoms with van der Waals surface area (Å²) in [7, 11) is -3.73. The van der Waals surface area contributed by atoms with Gasteiger partial charge in [-0.05, 0) is 17.9 Å². The highest BCUT2D eigenvalue weighted by Crippen LogP contribution is 2.30. The summed E-state index contributed by atoms with van der Waals surface area (Å²) in [6.45, 7) is 6.07. The molecule has 0 atom stereocenters. The number of anilines is 1. The zero-order valence-corrected chi connectivity index (χ0v) is 18.4. The van der Waals surface area contributed by atoms with E-state index in [1.807, 2.05) is 13.0 Å². The molecule has 1 N–H and O–H groups in total. The number of sulfone groups is 1. The van der Waals surface area contributed by atoms with E-state index in [4.69, 9.17) is 0 Å². The molecule has 0 aliphatic carbocycles. The molecule has 8 nitrogen and oxygen atoms in total. The van der Waals surface area contributed by atoms with Gasteiger partial charge in [-0.25, -0.2) is 13.4 Å². The zero-order valence-electron chi connectivity index (χ0n) is 16.8. The minimum Gasteiger partial charge on any atom is -0.395 e. The summed E-state index contributed by atoms with van der Waals surface area (Å²) in [6.07, 6.45) is 1.40. The third-order valence-corrected chi connectivity index (χ3v) is 7.70. The van der Waals surface area contributed by atoms with Crippen molar-refractivity contribution in [1.82, 2.24) is 19.5 Å². The summed E-state index contributed by atoms with van der Waals surface area (Å²) in [5.74, 6) is 1.68. The number of hydrogen-bond acceptors (Lipinski definition) is 8. The molecular formula is C20H25N5O3S2. The Hall–Kier alpha value is -2.14. The Bertz CT molecular complexity index is 1110. The van der Waals surface area contributed by atoms with Gasteiger partial charge in [0.25, 0.3) is 0 Å². The fourth-order valence-corrected chi connectivity index (χ4v) is 5.57. The molecule has 3 aromatic rings. The fraction of sp³-hybridized carbons (Fsp3) is 0.400. The third kappa shape index (κ3) is 4.04. The van der Waals surface area contributed by atoms with Crippen LogP contribution < -0.4 is 4.90 Å². The predicted molar refractivity (Wildman–Crippen MR) is 117 cm³/mol. The highest BCUT2D eigenvalue weighted by atomic mass is 32.2. The molecule has 0 amide bonds. The van der Waals surface area contributed by atoms with Crippen molar-refractivity contribution in [1.29, 1.82) is 0 Å². The van der Waals surface area contributed by atoms with E-state index in [1.54, 1.807) is 46.6 Å². The molecule has 30 heavy (non-hydrogen) atoms. The lowest BCUT2D eigenvalue weighted by Crippen LogP contribution is -2.47. The maximum Gasteiger partial charge on any atom is 0.211 e. The second-order valence-electron chi connectivity index (χ2n) is 7.00. The first-order valence-corrected chi connectivity index (χ1v) is 12.4. The predicted octanol–water partition coefficient (Wildman–Crippen LogP) is 1.79. The minimum atomic E-state index is -3.73. The first-order valence-electron chi connectivity index (χ1n) is 9.94. The topological polar surface area (TPSA) is 91.0 Å². The minimum absolute atomic E-state index is 0.118. The number of aliphatic hydroxyl groups excluding tert-OH is 1. The summed E-state index contributed by atoms with van der Waals surface area (Å²) < 4.78 is 28.1.